The minimum atomic E-state index is -0.339. The normalized spacial score (nSPS) is 38.1. The lowest BCUT2D eigenvalue weighted by Gasteiger charge is -2.10. The largest absolute Gasteiger partial charge is 0.326 e. The van der Waals surface area contributed by atoms with Crippen molar-refractivity contribution in [2.75, 3.05) is 5.32 Å². The van der Waals surface area contributed by atoms with Gasteiger partial charge in [0.15, 0.2) is 0 Å². The maximum Gasteiger partial charge on any atom is 0.228 e. The van der Waals surface area contributed by atoms with Gasteiger partial charge in [0.25, 0.3) is 0 Å². The molecular weight excluding hydrogens is 309 g/mol. The third-order valence-electron chi connectivity index (χ3n) is 5.23. The van der Waals surface area contributed by atoms with Crippen LogP contribution in [0, 0.1) is 35.4 Å². The molecule has 4 rings (SSSR count). The number of halogens is 2. The van der Waals surface area contributed by atoms with Crippen LogP contribution in [0.2, 0.25) is 0 Å². The number of fused-ring (bicyclic) bond motifs is 5. The van der Waals surface area contributed by atoms with E-state index in [1.54, 1.807) is 12.1 Å². The Hall–Kier alpha value is -0.900. The van der Waals surface area contributed by atoms with Gasteiger partial charge in [0.05, 0.1) is 4.47 Å². The highest BCUT2D eigenvalue weighted by atomic mass is 79.9. The maximum atomic E-state index is 13.4. The minimum Gasteiger partial charge on any atom is -0.326 e. The van der Waals surface area contributed by atoms with Crippen LogP contribution in [-0.4, -0.2) is 5.91 Å². The lowest BCUT2D eigenvalue weighted by molar-refractivity contribution is -0.118. The van der Waals surface area contributed by atoms with E-state index in [1.165, 1.54) is 25.3 Å². The van der Waals surface area contributed by atoms with Crippen molar-refractivity contribution < 1.29 is 9.18 Å². The van der Waals surface area contributed by atoms with E-state index in [4.69, 9.17) is 0 Å². The lowest BCUT2D eigenvalue weighted by atomic mass is 10.0. The average Bonchev–Trinajstić information content (AvgIpc) is 2.83. The number of rotatable bonds is 2. The highest BCUT2D eigenvalue weighted by Crippen LogP contribution is 2.69. The smallest absolute Gasteiger partial charge is 0.228 e. The molecule has 3 saturated carbocycles. The Morgan fingerprint density at radius 1 is 1.26 bits per heavy atom. The summed E-state index contributed by atoms with van der Waals surface area (Å²) < 4.78 is 13.8. The van der Waals surface area contributed by atoms with Crippen molar-refractivity contribution >= 4 is 27.5 Å². The first-order chi connectivity index (χ1) is 9.15. The molecule has 0 aliphatic heterocycles. The Morgan fingerprint density at radius 2 is 1.95 bits per heavy atom. The molecule has 4 atom stereocenters. The van der Waals surface area contributed by atoms with E-state index in [1.807, 2.05) is 0 Å². The average molecular weight is 324 g/mol. The summed E-state index contributed by atoms with van der Waals surface area (Å²) in [5, 5.41) is 2.87. The molecule has 0 saturated heterocycles. The molecule has 3 aliphatic carbocycles. The first-order valence-corrected chi connectivity index (χ1v) is 7.70. The molecular formula is C15H15BrFNO. The van der Waals surface area contributed by atoms with Crippen LogP contribution in [0.15, 0.2) is 22.7 Å². The summed E-state index contributed by atoms with van der Waals surface area (Å²) in [6, 6.07) is 4.73. The van der Waals surface area contributed by atoms with Crippen molar-refractivity contribution in [3.8, 4) is 0 Å². The Bertz CT molecular complexity index is 545. The first-order valence-electron chi connectivity index (χ1n) is 6.91. The van der Waals surface area contributed by atoms with E-state index in [-0.39, 0.29) is 17.6 Å². The Morgan fingerprint density at radius 3 is 2.58 bits per heavy atom. The van der Waals surface area contributed by atoms with Gasteiger partial charge in [-0.2, -0.15) is 0 Å². The van der Waals surface area contributed by atoms with E-state index in [0.717, 1.165) is 11.8 Å². The molecule has 1 amide bonds. The van der Waals surface area contributed by atoms with E-state index in [9.17, 15) is 9.18 Å². The molecule has 0 spiro atoms. The second-order valence-electron chi connectivity index (χ2n) is 6.13. The number of nitrogens with one attached hydrogen (secondary N) is 1. The third kappa shape index (κ3) is 1.76. The molecule has 4 unspecified atom stereocenters. The standard InChI is InChI=1S/C15H15BrFNO/c16-10-4-3-9(6-11(10)17)18-15(19)14-12-7-1-2-8(5-7)13(12)14/h3-4,6-8,12-14H,1-2,5H2,(H,18,19). The molecule has 0 aromatic heterocycles. The highest BCUT2D eigenvalue weighted by Gasteiger charge is 2.67. The van der Waals surface area contributed by atoms with Crippen LogP contribution in [0.3, 0.4) is 0 Å². The quantitative estimate of drug-likeness (QED) is 0.880. The Labute approximate surface area is 119 Å². The van der Waals surface area contributed by atoms with E-state index in [0.29, 0.717) is 22.0 Å². The predicted molar refractivity (Wildman–Crippen MR) is 74.0 cm³/mol. The number of carbonyl (C=O) groups excluding carboxylic acids is 1. The number of hydrogen-bond donors (Lipinski definition) is 1. The molecule has 1 aromatic rings. The van der Waals surface area contributed by atoms with Crippen LogP contribution >= 0.6 is 15.9 Å². The molecule has 2 nitrogen and oxygen atoms in total. The van der Waals surface area contributed by atoms with Gasteiger partial charge < -0.3 is 5.32 Å². The van der Waals surface area contributed by atoms with Crippen LogP contribution in [0.4, 0.5) is 10.1 Å². The van der Waals surface area contributed by atoms with Crippen LogP contribution in [-0.2, 0) is 4.79 Å². The Balaban J connectivity index is 1.47. The van der Waals surface area contributed by atoms with E-state index < -0.39 is 0 Å². The number of amides is 1. The summed E-state index contributed by atoms with van der Waals surface area (Å²) in [6.07, 6.45) is 3.96. The predicted octanol–water partition coefficient (Wildman–Crippen LogP) is 3.82. The zero-order chi connectivity index (χ0) is 13.1. The van der Waals surface area contributed by atoms with Crippen molar-refractivity contribution in [2.24, 2.45) is 29.6 Å². The van der Waals surface area contributed by atoms with E-state index in [2.05, 4.69) is 21.2 Å². The summed E-state index contributed by atoms with van der Waals surface area (Å²) >= 11 is 3.11. The molecule has 1 aromatic carbocycles. The van der Waals surface area contributed by atoms with Gasteiger partial charge in [0.1, 0.15) is 5.82 Å². The number of hydrogen-bond acceptors (Lipinski definition) is 1. The zero-order valence-corrected chi connectivity index (χ0v) is 12.0. The fourth-order valence-electron chi connectivity index (χ4n) is 4.48. The Kier molecular flexibility index (Phi) is 2.53. The van der Waals surface area contributed by atoms with Crippen LogP contribution < -0.4 is 5.32 Å². The fraction of sp³-hybridized carbons (Fsp3) is 0.533. The molecule has 2 bridgehead atoms. The molecule has 0 radical (unpaired) electrons. The zero-order valence-electron chi connectivity index (χ0n) is 10.4. The first kappa shape index (κ1) is 11.9. The summed E-state index contributed by atoms with van der Waals surface area (Å²) in [5.74, 6) is 2.76. The minimum absolute atomic E-state index is 0.0910. The summed E-state index contributed by atoms with van der Waals surface area (Å²) in [5.41, 5.74) is 0.558. The summed E-state index contributed by atoms with van der Waals surface area (Å²) in [6.45, 7) is 0. The maximum absolute atomic E-state index is 13.4. The monoisotopic (exact) mass is 323 g/mol. The second kappa shape index (κ2) is 4.05. The summed E-state index contributed by atoms with van der Waals surface area (Å²) in [7, 11) is 0. The van der Waals surface area contributed by atoms with Gasteiger partial charge in [-0.3, -0.25) is 4.79 Å². The highest BCUT2D eigenvalue weighted by molar-refractivity contribution is 9.10. The molecule has 100 valence electrons. The van der Waals surface area contributed by atoms with Crippen molar-refractivity contribution in [3.63, 3.8) is 0 Å². The third-order valence-corrected chi connectivity index (χ3v) is 5.87. The molecule has 4 heteroatoms. The molecule has 3 fully saturated rings. The van der Waals surface area contributed by atoms with Crippen molar-refractivity contribution in [1.29, 1.82) is 0 Å². The van der Waals surface area contributed by atoms with Crippen molar-refractivity contribution in [1.82, 2.24) is 0 Å². The van der Waals surface area contributed by atoms with Crippen LogP contribution in [0.1, 0.15) is 19.3 Å². The van der Waals surface area contributed by atoms with Gasteiger partial charge >= 0.3 is 0 Å². The van der Waals surface area contributed by atoms with Crippen LogP contribution in [0.5, 0.6) is 0 Å². The topological polar surface area (TPSA) is 29.1 Å². The van der Waals surface area contributed by atoms with E-state index >= 15 is 0 Å². The van der Waals surface area contributed by atoms with Gasteiger partial charge in [-0.05, 0) is 77.1 Å². The lowest BCUT2D eigenvalue weighted by Crippen LogP contribution is -2.18. The van der Waals surface area contributed by atoms with Gasteiger partial charge in [-0.15, -0.1) is 0 Å². The number of benzene rings is 1. The molecule has 0 heterocycles. The number of carbonyl (C=O) groups is 1. The van der Waals surface area contributed by atoms with Gasteiger partial charge in [0, 0.05) is 11.6 Å². The van der Waals surface area contributed by atoms with Crippen molar-refractivity contribution in [3.05, 3.63) is 28.5 Å². The number of anilines is 1. The van der Waals surface area contributed by atoms with Crippen LogP contribution in [0.25, 0.3) is 0 Å². The second-order valence-corrected chi connectivity index (χ2v) is 6.99. The molecule has 1 N–H and O–H groups in total. The SMILES string of the molecule is O=C(Nc1ccc(Br)c(F)c1)C1C2C3CCC(C3)C12. The summed E-state index contributed by atoms with van der Waals surface area (Å²) in [4.78, 5) is 12.3. The molecule has 3 aliphatic rings. The van der Waals surface area contributed by atoms with Crippen molar-refractivity contribution in [2.45, 2.75) is 19.3 Å². The van der Waals surface area contributed by atoms with Gasteiger partial charge in [-0.25, -0.2) is 4.39 Å². The fourth-order valence-corrected chi connectivity index (χ4v) is 4.72. The van der Waals surface area contributed by atoms with Gasteiger partial charge in [-0.1, -0.05) is 0 Å². The molecule has 19 heavy (non-hydrogen) atoms. The van der Waals surface area contributed by atoms with Gasteiger partial charge in [0.2, 0.25) is 5.91 Å².